The summed E-state index contributed by atoms with van der Waals surface area (Å²) in [6, 6.07) is 21.6. The van der Waals surface area contributed by atoms with Crippen LogP contribution in [0.2, 0.25) is 10.0 Å². The number of hydrogen-bond acceptors (Lipinski definition) is 1. The van der Waals surface area contributed by atoms with E-state index >= 15 is 0 Å². The zero-order valence-electron chi connectivity index (χ0n) is 13.1. The highest BCUT2D eigenvalue weighted by Crippen LogP contribution is 2.36. The number of aromatic nitrogens is 1. The topological polar surface area (TPSA) is 32.9 Å². The molecule has 0 saturated carbocycles. The molecule has 4 rings (SSSR count). The van der Waals surface area contributed by atoms with Crippen molar-refractivity contribution in [1.29, 1.82) is 0 Å². The van der Waals surface area contributed by atoms with E-state index in [1.54, 1.807) is 12.1 Å². The fraction of sp³-hybridized carbons (Fsp3) is 0. The van der Waals surface area contributed by atoms with Gasteiger partial charge in [0, 0.05) is 21.5 Å². The number of aldehydes is 1. The summed E-state index contributed by atoms with van der Waals surface area (Å²) < 4.78 is 0. The molecule has 0 saturated heterocycles. The summed E-state index contributed by atoms with van der Waals surface area (Å²) in [6.07, 6.45) is 0.832. The van der Waals surface area contributed by atoms with Crippen LogP contribution in [0.1, 0.15) is 10.4 Å². The summed E-state index contributed by atoms with van der Waals surface area (Å²) in [5, 5.41) is 1.69. The van der Waals surface area contributed by atoms with Gasteiger partial charge in [-0.05, 0) is 28.8 Å². The quantitative estimate of drug-likeness (QED) is 0.406. The second-order valence-electron chi connectivity index (χ2n) is 5.79. The fourth-order valence-electron chi connectivity index (χ4n) is 3.08. The van der Waals surface area contributed by atoms with E-state index in [4.69, 9.17) is 23.2 Å². The molecule has 0 atom stereocenters. The van der Waals surface area contributed by atoms with Crippen molar-refractivity contribution in [3.63, 3.8) is 0 Å². The van der Waals surface area contributed by atoms with Crippen molar-refractivity contribution < 1.29 is 4.79 Å². The van der Waals surface area contributed by atoms with Crippen LogP contribution in [-0.4, -0.2) is 11.3 Å². The first-order valence-electron chi connectivity index (χ1n) is 7.79. The van der Waals surface area contributed by atoms with E-state index in [1.807, 2.05) is 42.5 Å². The lowest BCUT2D eigenvalue weighted by molar-refractivity contribution is 0.112. The second kappa shape index (κ2) is 6.40. The largest absolute Gasteiger partial charge is 0.354 e. The number of carbonyl (C=O) groups excluding carboxylic acids is 1. The summed E-state index contributed by atoms with van der Waals surface area (Å²) in [5.41, 5.74) is 5.23. The molecule has 0 aliphatic carbocycles. The van der Waals surface area contributed by atoms with E-state index in [0.717, 1.165) is 34.2 Å². The van der Waals surface area contributed by atoms with Crippen LogP contribution in [0.25, 0.3) is 33.3 Å². The average Bonchev–Trinajstić information content (AvgIpc) is 3.01. The van der Waals surface area contributed by atoms with Crippen molar-refractivity contribution in [2.75, 3.05) is 0 Å². The van der Waals surface area contributed by atoms with E-state index in [-0.39, 0.29) is 0 Å². The summed E-state index contributed by atoms with van der Waals surface area (Å²) in [7, 11) is 0. The maximum Gasteiger partial charge on any atom is 0.152 e. The van der Waals surface area contributed by atoms with E-state index in [1.165, 1.54) is 0 Å². The van der Waals surface area contributed by atoms with Crippen LogP contribution in [0, 0.1) is 0 Å². The van der Waals surface area contributed by atoms with Gasteiger partial charge in [-0.3, -0.25) is 4.79 Å². The minimum Gasteiger partial charge on any atom is -0.354 e. The molecule has 0 radical (unpaired) electrons. The van der Waals surface area contributed by atoms with Gasteiger partial charge in [0.2, 0.25) is 0 Å². The number of hydrogen-bond donors (Lipinski definition) is 1. The number of nitrogens with one attached hydrogen (secondary N) is 1. The van der Waals surface area contributed by atoms with Crippen molar-refractivity contribution in [3.8, 4) is 22.4 Å². The van der Waals surface area contributed by atoms with Gasteiger partial charge < -0.3 is 4.98 Å². The van der Waals surface area contributed by atoms with Crippen LogP contribution >= 0.6 is 23.2 Å². The number of aromatic amines is 1. The molecule has 0 unspecified atom stereocenters. The Morgan fingerprint density at radius 2 is 1.44 bits per heavy atom. The molecule has 1 N–H and O–H groups in total. The Hall–Kier alpha value is -2.55. The minimum atomic E-state index is 0.466. The maximum absolute atomic E-state index is 11.7. The molecule has 4 heteroatoms. The zero-order valence-corrected chi connectivity index (χ0v) is 14.6. The van der Waals surface area contributed by atoms with Crippen LogP contribution in [0.4, 0.5) is 0 Å². The fourth-order valence-corrected chi connectivity index (χ4v) is 3.67. The molecule has 3 aromatic carbocycles. The number of halogens is 2. The number of benzene rings is 3. The van der Waals surface area contributed by atoms with Crippen molar-refractivity contribution in [2.45, 2.75) is 0 Å². The van der Waals surface area contributed by atoms with Crippen LogP contribution in [0.15, 0.2) is 66.7 Å². The third kappa shape index (κ3) is 2.84. The van der Waals surface area contributed by atoms with Gasteiger partial charge in [0.1, 0.15) is 0 Å². The van der Waals surface area contributed by atoms with Gasteiger partial charge in [-0.15, -0.1) is 0 Å². The van der Waals surface area contributed by atoms with Gasteiger partial charge in [-0.25, -0.2) is 0 Å². The Bertz CT molecular complexity index is 1070. The number of fused-ring (bicyclic) bond motifs is 1. The minimum absolute atomic E-state index is 0.466. The number of carbonyl (C=O) groups is 1. The smallest absolute Gasteiger partial charge is 0.152 e. The predicted molar refractivity (Wildman–Crippen MR) is 105 cm³/mol. The molecule has 25 heavy (non-hydrogen) atoms. The Balaban J connectivity index is 1.85. The van der Waals surface area contributed by atoms with Gasteiger partial charge >= 0.3 is 0 Å². The number of rotatable bonds is 3. The lowest BCUT2D eigenvalue weighted by Gasteiger charge is -2.04. The summed E-state index contributed by atoms with van der Waals surface area (Å²) in [5.74, 6) is 0. The van der Waals surface area contributed by atoms with Gasteiger partial charge in [0.05, 0.1) is 10.7 Å². The highest BCUT2D eigenvalue weighted by atomic mass is 35.5. The summed E-state index contributed by atoms with van der Waals surface area (Å²) >= 11 is 12.4. The molecule has 0 bridgehead atoms. The Morgan fingerprint density at radius 3 is 2.12 bits per heavy atom. The molecule has 0 fully saturated rings. The molecule has 2 nitrogen and oxygen atoms in total. The number of H-pyrrole nitrogens is 1. The Kier molecular flexibility index (Phi) is 4.08. The first-order chi connectivity index (χ1) is 12.2. The highest BCUT2D eigenvalue weighted by Gasteiger charge is 2.16. The van der Waals surface area contributed by atoms with Crippen LogP contribution in [0.5, 0.6) is 0 Å². The van der Waals surface area contributed by atoms with Crippen molar-refractivity contribution in [3.05, 3.63) is 82.3 Å². The lowest BCUT2D eigenvalue weighted by atomic mass is 10.0. The van der Waals surface area contributed by atoms with Crippen molar-refractivity contribution in [2.24, 2.45) is 0 Å². The van der Waals surface area contributed by atoms with Crippen molar-refractivity contribution >= 4 is 40.4 Å². The third-order valence-corrected chi connectivity index (χ3v) is 4.77. The molecule has 0 amide bonds. The molecule has 122 valence electrons. The van der Waals surface area contributed by atoms with E-state index in [9.17, 15) is 4.79 Å². The first kappa shape index (κ1) is 15.9. The standard InChI is InChI=1S/C21H13Cl2NO/c22-16-10-18(23)20-17(12-25)21(24-19(20)11-16)15-8-6-14(7-9-15)13-4-2-1-3-5-13/h1-12,24H. The molecule has 0 spiro atoms. The SMILES string of the molecule is O=Cc1c(-c2ccc(-c3ccccc3)cc2)[nH]c2cc(Cl)cc(Cl)c12. The highest BCUT2D eigenvalue weighted by molar-refractivity contribution is 6.39. The van der Waals surface area contributed by atoms with E-state index in [0.29, 0.717) is 21.0 Å². The van der Waals surface area contributed by atoms with Crippen LogP contribution < -0.4 is 0 Å². The monoisotopic (exact) mass is 365 g/mol. The molecule has 4 aromatic rings. The summed E-state index contributed by atoms with van der Waals surface area (Å²) in [4.78, 5) is 15.0. The van der Waals surface area contributed by atoms with Crippen LogP contribution in [-0.2, 0) is 0 Å². The van der Waals surface area contributed by atoms with Crippen LogP contribution in [0.3, 0.4) is 0 Å². The zero-order chi connectivity index (χ0) is 17.4. The molecule has 1 aromatic heterocycles. The average molecular weight is 366 g/mol. The second-order valence-corrected chi connectivity index (χ2v) is 6.63. The lowest BCUT2D eigenvalue weighted by Crippen LogP contribution is -1.85. The molecule has 1 heterocycles. The molecule has 0 aliphatic heterocycles. The normalized spacial score (nSPS) is 11.0. The van der Waals surface area contributed by atoms with Gasteiger partial charge in [0.15, 0.2) is 6.29 Å². The van der Waals surface area contributed by atoms with E-state index in [2.05, 4.69) is 17.1 Å². The van der Waals surface area contributed by atoms with Crippen molar-refractivity contribution in [1.82, 2.24) is 4.98 Å². The van der Waals surface area contributed by atoms with Gasteiger partial charge in [0.25, 0.3) is 0 Å². The first-order valence-corrected chi connectivity index (χ1v) is 8.55. The molecule has 0 aliphatic rings. The Morgan fingerprint density at radius 1 is 0.800 bits per heavy atom. The predicted octanol–water partition coefficient (Wildman–Crippen LogP) is 6.62. The maximum atomic E-state index is 11.7. The third-order valence-electron chi connectivity index (χ3n) is 4.25. The molecular weight excluding hydrogens is 353 g/mol. The van der Waals surface area contributed by atoms with Gasteiger partial charge in [-0.1, -0.05) is 77.8 Å². The molecular formula is C21H13Cl2NO. The Labute approximate surface area is 155 Å². The van der Waals surface area contributed by atoms with Gasteiger partial charge in [-0.2, -0.15) is 0 Å². The van der Waals surface area contributed by atoms with E-state index < -0.39 is 0 Å². The summed E-state index contributed by atoms with van der Waals surface area (Å²) in [6.45, 7) is 0.